The van der Waals surface area contributed by atoms with Gasteiger partial charge in [0.1, 0.15) is 5.75 Å². The molecule has 1 aliphatic heterocycles. The van der Waals surface area contributed by atoms with Gasteiger partial charge in [0, 0.05) is 43.9 Å². The fourth-order valence-corrected chi connectivity index (χ4v) is 2.61. The van der Waals surface area contributed by atoms with E-state index in [1.165, 1.54) is 0 Å². The lowest BCUT2D eigenvalue weighted by Crippen LogP contribution is -2.48. The van der Waals surface area contributed by atoms with E-state index in [4.69, 9.17) is 14.2 Å². The van der Waals surface area contributed by atoms with Gasteiger partial charge in [-0.05, 0) is 13.0 Å². The predicted molar refractivity (Wildman–Crippen MR) is 86.1 cm³/mol. The molecule has 21 heavy (non-hydrogen) atoms. The number of ether oxygens (including phenoxy) is 3. The third-order valence-electron chi connectivity index (χ3n) is 3.63. The van der Waals surface area contributed by atoms with Gasteiger partial charge >= 0.3 is 0 Å². The number of benzene rings is 1. The van der Waals surface area contributed by atoms with Crippen LogP contribution in [0.5, 0.6) is 17.2 Å². The van der Waals surface area contributed by atoms with Gasteiger partial charge in [-0.2, -0.15) is 0 Å². The molecule has 0 amide bonds. The Morgan fingerprint density at radius 3 is 2.29 bits per heavy atom. The Kier molecular flexibility index (Phi) is 7.08. The molecule has 1 N–H and O–H groups in total. The summed E-state index contributed by atoms with van der Waals surface area (Å²) in [6, 6.07) is 4.42. The highest BCUT2D eigenvalue weighted by Crippen LogP contribution is 2.35. The topological polar surface area (TPSA) is 43.0 Å². The van der Waals surface area contributed by atoms with Crippen molar-refractivity contribution in [3.8, 4) is 17.2 Å². The van der Waals surface area contributed by atoms with Gasteiger partial charge in [0.25, 0.3) is 0 Å². The molecule has 5 nitrogen and oxygen atoms in total. The van der Waals surface area contributed by atoms with E-state index in [1.54, 1.807) is 21.3 Å². The highest BCUT2D eigenvalue weighted by Gasteiger charge is 2.19. The first-order valence-corrected chi connectivity index (χ1v) is 6.92. The monoisotopic (exact) mass is 316 g/mol. The van der Waals surface area contributed by atoms with E-state index < -0.39 is 0 Å². The second kappa shape index (κ2) is 8.32. The molecule has 120 valence electrons. The molecule has 1 fully saturated rings. The van der Waals surface area contributed by atoms with Gasteiger partial charge in [0.05, 0.1) is 21.3 Å². The van der Waals surface area contributed by atoms with E-state index >= 15 is 0 Å². The lowest BCUT2D eigenvalue weighted by molar-refractivity contribution is 0.197. The van der Waals surface area contributed by atoms with E-state index in [9.17, 15) is 0 Å². The number of methoxy groups -OCH3 is 3. The molecule has 0 radical (unpaired) electrons. The van der Waals surface area contributed by atoms with Crippen LogP contribution in [0.3, 0.4) is 0 Å². The van der Waals surface area contributed by atoms with Crippen LogP contribution in [0.15, 0.2) is 12.1 Å². The zero-order valence-electron chi connectivity index (χ0n) is 13.1. The minimum absolute atomic E-state index is 0. The number of hydrogen-bond donors (Lipinski definition) is 1. The predicted octanol–water partition coefficient (Wildman–Crippen LogP) is 1.93. The zero-order valence-corrected chi connectivity index (χ0v) is 14.0. The van der Waals surface area contributed by atoms with Crippen molar-refractivity contribution in [2.24, 2.45) is 0 Å². The van der Waals surface area contributed by atoms with Gasteiger partial charge < -0.3 is 19.5 Å². The maximum Gasteiger partial charge on any atom is 0.164 e. The fourth-order valence-electron chi connectivity index (χ4n) is 2.61. The maximum atomic E-state index is 5.48. The number of hydrogen-bond acceptors (Lipinski definition) is 5. The van der Waals surface area contributed by atoms with E-state index in [-0.39, 0.29) is 12.4 Å². The molecule has 6 heteroatoms. The lowest BCUT2D eigenvalue weighted by atomic mass is 10.1. The van der Waals surface area contributed by atoms with Crippen LogP contribution < -0.4 is 19.5 Å². The summed E-state index contributed by atoms with van der Waals surface area (Å²) in [7, 11) is 4.97. The number of piperazine rings is 1. The van der Waals surface area contributed by atoms with Crippen molar-refractivity contribution in [1.82, 2.24) is 10.2 Å². The Morgan fingerprint density at radius 1 is 1.10 bits per heavy atom. The number of rotatable bonds is 5. The first kappa shape index (κ1) is 17.9. The number of nitrogens with one attached hydrogen (secondary N) is 1. The Balaban J connectivity index is 0.00000220. The Morgan fingerprint density at radius 2 is 1.71 bits per heavy atom. The van der Waals surface area contributed by atoms with Crippen LogP contribution in [0, 0.1) is 0 Å². The molecule has 0 bridgehead atoms. The average molecular weight is 317 g/mol. The van der Waals surface area contributed by atoms with Crippen LogP contribution in [0.1, 0.15) is 12.5 Å². The Hall–Kier alpha value is -1.17. The minimum atomic E-state index is 0. The molecule has 0 aromatic heterocycles. The smallest absolute Gasteiger partial charge is 0.164 e. The SMILES string of the molecule is COc1cc(OC)c(OC)cc1CN1CCN[C@@H](C)C1.Cl. The highest BCUT2D eigenvalue weighted by atomic mass is 35.5. The Bertz CT molecular complexity index is 457. The molecule has 1 atom stereocenters. The molecule has 1 aromatic rings. The molecule has 1 heterocycles. The molecule has 1 aliphatic rings. The normalized spacial score (nSPS) is 18.8. The third kappa shape index (κ3) is 4.40. The highest BCUT2D eigenvalue weighted by molar-refractivity contribution is 5.85. The van der Waals surface area contributed by atoms with Crippen LogP contribution >= 0.6 is 12.4 Å². The van der Waals surface area contributed by atoms with Crippen molar-refractivity contribution < 1.29 is 14.2 Å². The molecular formula is C15H25ClN2O3. The molecule has 0 spiro atoms. The summed E-state index contributed by atoms with van der Waals surface area (Å²) < 4.78 is 16.2. The first-order chi connectivity index (χ1) is 9.67. The summed E-state index contributed by atoms with van der Waals surface area (Å²) in [5.74, 6) is 2.28. The largest absolute Gasteiger partial charge is 0.496 e. The van der Waals surface area contributed by atoms with E-state index in [2.05, 4.69) is 17.1 Å². The maximum absolute atomic E-state index is 5.48. The second-order valence-corrected chi connectivity index (χ2v) is 5.11. The summed E-state index contributed by atoms with van der Waals surface area (Å²) in [5, 5.41) is 3.45. The van der Waals surface area contributed by atoms with Crippen LogP contribution in [-0.4, -0.2) is 51.9 Å². The third-order valence-corrected chi connectivity index (χ3v) is 3.63. The van der Waals surface area contributed by atoms with Gasteiger partial charge in [-0.3, -0.25) is 4.90 Å². The fraction of sp³-hybridized carbons (Fsp3) is 0.600. The number of halogens is 1. The van der Waals surface area contributed by atoms with Crippen molar-refractivity contribution in [3.05, 3.63) is 17.7 Å². The summed E-state index contributed by atoms with van der Waals surface area (Å²) in [6.07, 6.45) is 0. The van der Waals surface area contributed by atoms with Gasteiger partial charge in [-0.1, -0.05) is 0 Å². The summed E-state index contributed by atoms with van der Waals surface area (Å²) in [5.41, 5.74) is 1.12. The summed E-state index contributed by atoms with van der Waals surface area (Å²) >= 11 is 0. The van der Waals surface area contributed by atoms with E-state index in [0.29, 0.717) is 11.8 Å². The quantitative estimate of drug-likeness (QED) is 0.899. The van der Waals surface area contributed by atoms with E-state index in [0.717, 1.165) is 43.2 Å². The average Bonchev–Trinajstić information content (AvgIpc) is 2.46. The molecule has 0 saturated carbocycles. The molecular weight excluding hydrogens is 292 g/mol. The molecule has 0 unspecified atom stereocenters. The Labute approximate surface area is 133 Å². The lowest BCUT2D eigenvalue weighted by Gasteiger charge is -2.32. The van der Waals surface area contributed by atoms with Gasteiger partial charge in [0.15, 0.2) is 11.5 Å². The van der Waals surface area contributed by atoms with Gasteiger partial charge in [-0.25, -0.2) is 0 Å². The zero-order chi connectivity index (χ0) is 14.5. The van der Waals surface area contributed by atoms with Gasteiger partial charge in [0.2, 0.25) is 0 Å². The minimum Gasteiger partial charge on any atom is -0.496 e. The van der Waals surface area contributed by atoms with Crippen molar-refractivity contribution in [3.63, 3.8) is 0 Å². The van der Waals surface area contributed by atoms with Crippen molar-refractivity contribution >= 4 is 12.4 Å². The standard InChI is InChI=1S/C15H24N2O3.ClH/c1-11-9-17(6-5-16-11)10-12-7-14(19-3)15(20-4)8-13(12)18-2;/h7-8,11,16H,5-6,9-10H2,1-4H3;1H/t11-;/m0./s1. The summed E-state index contributed by atoms with van der Waals surface area (Å²) in [6.45, 7) is 6.17. The molecule has 1 aromatic carbocycles. The van der Waals surface area contributed by atoms with Crippen molar-refractivity contribution in [2.75, 3.05) is 41.0 Å². The number of nitrogens with zero attached hydrogens (tertiary/aromatic N) is 1. The summed E-state index contributed by atoms with van der Waals surface area (Å²) in [4.78, 5) is 2.42. The first-order valence-electron chi connectivity index (χ1n) is 6.92. The molecule has 1 saturated heterocycles. The van der Waals surface area contributed by atoms with E-state index in [1.807, 2.05) is 12.1 Å². The van der Waals surface area contributed by atoms with Crippen LogP contribution in [0.25, 0.3) is 0 Å². The molecule has 0 aliphatic carbocycles. The van der Waals surface area contributed by atoms with Crippen LogP contribution in [0.2, 0.25) is 0 Å². The molecule has 2 rings (SSSR count). The van der Waals surface area contributed by atoms with Crippen molar-refractivity contribution in [1.29, 1.82) is 0 Å². The second-order valence-electron chi connectivity index (χ2n) is 5.11. The van der Waals surface area contributed by atoms with Gasteiger partial charge in [-0.15, -0.1) is 12.4 Å². The van der Waals surface area contributed by atoms with Crippen LogP contribution in [0.4, 0.5) is 0 Å². The van der Waals surface area contributed by atoms with Crippen LogP contribution in [-0.2, 0) is 6.54 Å². The van der Waals surface area contributed by atoms with Crippen molar-refractivity contribution in [2.45, 2.75) is 19.5 Å².